The van der Waals surface area contributed by atoms with Gasteiger partial charge in [0, 0.05) is 116 Å². The summed E-state index contributed by atoms with van der Waals surface area (Å²) in [5.41, 5.74) is 9.44. The van der Waals surface area contributed by atoms with Gasteiger partial charge in [0.2, 0.25) is 11.8 Å². The van der Waals surface area contributed by atoms with Gasteiger partial charge in [-0.2, -0.15) is 0 Å². The topological polar surface area (TPSA) is 134 Å². The van der Waals surface area contributed by atoms with Crippen molar-refractivity contribution < 1.29 is 9.59 Å². The fourth-order valence-electron chi connectivity index (χ4n) is 8.35. The summed E-state index contributed by atoms with van der Waals surface area (Å²) in [7, 11) is 5.92. The quantitative estimate of drug-likeness (QED) is 0.0509. The van der Waals surface area contributed by atoms with E-state index in [0.717, 1.165) is 47.7 Å². The van der Waals surface area contributed by atoms with Crippen molar-refractivity contribution in [2.45, 2.75) is 286 Å². The number of carbonyl (C=O) groups excluding carboxylic acids is 2. The number of amides is 2. The van der Waals surface area contributed by atoms with Crippen LogP contribution in [-0.4, -0.2) is 74.6 Å². The lowest BCUT2D eigenvalue weighted by atomic mass is 9.89. The van der Waals surface area contributed by atoms with Crippen LogP contribution in [0, 0.1) is 59.2 Å². The standard InChI is InChI=1S/C12H23N.C11H15NO.C11H21N.C10H19N.C9H19N.C7H15NO.2C7H15N.C6H13N/c1-10(2)11(3)13-9-12-7-5-4-6-8-12;1-9(2)11(13)12-8-10-6-4-3-5-7-10;1-9(2)10(3)12-11-7-5-4-6-8-11;1-8(2)9(3)11-10-6-4-5-7-10;1-7(2)8(3)10-9(4,5)6;1-5(2)7(9)8-6(3)4;1-6(2)7(3)8(4)5;1-5-8-7(4)6(2)3;1-5(2)6(3)7-4/h10,12-13H,3-9H2,1-2H3;3-7,9H,8H2,1-2H3,(H,12,13);9,11-12H,3-8H2,1-2H3;8,10-11H,3-7H2,1-2H3;7,10H,3H2,1-2,4-6H3;5-6H,1-4H3,(H,8,9);6H,3H2,1-2,4-5H3;6,8H,4-5H2,1-3H3;5,7H,3H2,1-2,4H3. The largest absolute Gasteiger partial charge is 0.392 e. The van der Waals surface area contributed by atoms with Crippen LogP contribution in [0.2, 0.25) is 0 Å². The van der Waals surface area contributed by atoms with Gasteiger partial charge >= 0.3 is 0 Å². The van der Waals surface area contributed by atoms with Crippen LogP contribution in [0.25, 0.3) is 0 Å². The summed E-state index contributed by atoms with van der Waals surface area (Å²) in [5, 5.41) is 25.6. The summed E-state index contributed by atoms with van der Waals surface area (Å²) in [6, 6.07) is 11.6. The zero-order chi connectivity index (χ0) is 71.6. The van der Waals surface area contributed by atoms with Gasteiger partial charge in [0.1, 0.15) is 0 Å². The highest BCUT2D eigenvalue weighted by Crippen LogP contribution is 2.24. The molecule has 0 spiro atoms. The number of nitrogens with zero attached hydrogens (tertiary/aromatic N) is 1. The normalized spacial score (nSPS) is 13.8. The smallest absolute Gasteiger partial charge is 0.222 e. The van der Waals surface area contributed by atoms with Gasteiger partial charge in [0.05, 0.1) is 0 Å². The molecule has 4 rings (SSSR count). The molecule has 0 atom stereocenters. The minimum atomic E-state index is 0.0590. The van der Waals surface area contributed by atoms with Gasteiger partial charge in [-0.3, -0.25) is 9.59 Å². The molecule has 3 aliphatic rings. The molecule has 1 aromatic rings. The van der Waals surface area contributed by atoms with E-state index in [0.29, 0.717) is 54.0 Å². The first-order valence-corrected chi connectivity index (χ1v) is 35.7. The number of rotatable bonds is 24. The molecule has 11 heteroatoms. The van der Waals surface area contributed by atoms with E-state index < -0.39 is 0 Å². The van der Waals surface area contributed by atoms with Gasteiger partial charge in [-0.05, 0) is 133 Å². The van der Waals surface area contributed by atoms with Crippen molar-refractivity contribution in [1.29, 1.82) is 0 Å². The average molecular weight is 1280 g/mol. The molecule has 0 unspecified atom stereocenters. The Labute approximate surface area is 567 Å². The summed E-state index contributed by atoms with van der Waals surface area (Å²) in [6.07, 6.45) is 19.5. The van der Waals surface area contributed by atoms with Crippen LogP contribution in [-0.2, 0) is 16.1 Å². The van der Waals surface area contributed by atoms with Gasteiger partial charge in [0.15, 0.2) is 0 Å². The first kappa shape index (κ1) is 94.6. The number of carbonyl (C=O) groups is 2. The Balaban J connectivity index is -0.000000307. The molecule has 3 saturated carbocycles. The molecule has 2 amide bonds. The van der Waals surface area contributed by atoms with Gasteiger partial charge in [-0.25, -0.2) is 0 Å². The van der Waals surface area contributed by atoms with Gasteiger partial charge in [0.25, 0.3) is 0 Å². The molecule has 0 bridgehead atoms. The van der Waals surface area contributed by atoms with Crippen LogP contribution in [0.15, 0.2) is 116 Å². The minimum absolute atomic E-state index is 0.0590. The highest BCUT2D eigenvalue weighted by atomic mass is 16.2. The molecule has 1 aromatic carbocycles. The first-order chi connectivity index (χ1) is 42.1. The predicted molar refractivity (Wildman–Crippen MR) is 408 cm³/mol. The Morgan fingerprint density at radius 1 is 0.462 bits per heavy atom. The minimum Gasteiger partial charge on any atom is -0.392 e. The Morgan fingerprint density at radius 3 is 1.08 bits per heavy atom. The third kappa shape index (κ3) is 60.9. The second-order valence-electron chi connectivity index (χ2n) is 29.4. The van der Waals surface area contributed by atoms with E-state index in [2.05, 4.69) is 213 Å². The zero-order valence-corrected chi connectivity index (χ0v) is 65.1. The zero-order valence-electron chi connectivity index (χ0n) is 65.1. The van der Waals surface area contributed by atoms with E-state index in [1.807, 2.05) is 97.9 Å². The molecule has 91 heavy (non-hydrogen) atoms. The fraction of sp³-hybridized carbons (Fsp3) is 0.725. The van der Waals surface area contributed by atoms with Crippen LogP contribution in [0.5, 0.6) is 0 Å². The molecular formula is C80H155N9O2. The van der Waals surface area contributed by atoms with Crippen LogP contribution in [0.1, 0.15) is 262 Å². The van der Waals surface area contributed by atoms with Crippen LogP contribution in [0.3, 0.4) is 0 Å². The summed E-state index contributed by atoms with van der Waals surface area (Å²) in [6.45, 7) is 80.4. The predicted octanol–water partition coefficient (Wildman–Crippen LogP) is 19.6. The maximum atomic E-state index is 11.2. The van der Waals surface area contributed by atoms with Gasteiger partial charge < -0.3 is 47.4 Å². The molecule has 0 aromatic heterocycles. The van der Waals surface area contributed by atoms with Crippen molar-refractivity contribution in [2.75, 3.05) is 34.2 Å². The lowest BCUT2D eigenvalue weighted by molar-refractivity contribution is -0.125. The fourth-order valence-corrected chi connectivity index (χ4v) is 8.35. The van der Waals surface area contributed by atoms with Crippen molar-refractivity contribution in [1.82, 2.24) is 47.4 Å². The summed E-state index contributed by atoms with van der Waals surface area (Å²) >= 11 is 0. The monoisotopic (exact) mass is 1270 g/mol. The SMILES string of the molecule is C=C(C(C)C)N(C)C.C=C(NC(C)(C)C)C(C)C.C=C(NC)C(C)C.C=C(NC1CCCC1)C(C)C.C=C(NC1CCCCC1)C(C)C.C=C(NCC)C(C)C.C=C(NCC1CCCCC1)C(C)C.CC(C)C(=O)NCc1ccccc1.CC(C)NC(=O)C(C)C. The Morgan fingerprint density at radius 2 is 0.824 bits per heavy atom. The molecule has 0 saturated heterocycles. The van der Waals surface area contributed by atoms with Crippen molar-refractivity contribution in [2.24, 2.45) is 59.2 Å². The Bertz CT molecular complexity index is 2030. The lowest BCUT2D eigenvalue weighted by Gasteiger charge is -2.26. The molecule has 0 radical (unpaired) electrons. The van der Waals surface area contributed by atoms with E-state index in [9.17, 15) is 9.59 Å². The number of hydrogen-bond donors (Lipinski definition) is 8. The summed E-state index contributed by atoms with van der Waals surface area (Å²) in [5.74, 6) is 5.25. The van der Waals surface area contributed by atoms with Crippen molar-refractivity contribution >= 4 is 11.8 Å². The van der Waals surface area contributed by atoms with Gasteiger partial charge in [-0.1, -0.05) is 252 Å². The van der Waals surface area contributed by atoms with E-state index in [4.69, 9.17) is 0 Å². The number of nitrogens with one attached hydrogen (secondary N) is 8. The van der Waals surface area contributed by atoms with Crippen LogP contribution in [0.4, 0.5) is 0 Å². The molecule has 0 aliphatic heterocycles. The average Bonchev–Trinajstić information content (AvgIpc) is 3.94. The number of allylic oxidation sites excluding steroid dienone is 7. The Hall–Kier alpha value is -5.06. The second-order valence-corrected chi connectivity index (χ2v) is 29.4. The second kappa shape index (κ2) is 56.5. The highest BCUT2D eigenvalue weighted by Gasteiger charge is 2.17. The molecule has 0 heterocycles. The van der Waals surface area contributed by atoms with Crippen LogP contribution >= 0.6 is 0 Å². The maximum Gasteiger partial charge on any atom is 0.222 e. The number of hydrogen-bond acceptors (Lipinski definition) is 9. The third-order valence-corrected chi connectivity index (χ3v) is 15.6. The summed E-state index contributed by atoms with van der Waals surface area (Å²) < 4.78 is 0. The summed E-state index contributed by atoms with van der Waals surface area (Å²) in [4.78, 5) is 24.1. The number of benzene rings is 1. The van der Waals surface area contributed by atoms with Crippen molar-refractivity contribution in [3.8, 4) is 0 Å². The molecule has 11 nitrogen and oxygen atoms in total. The van der Waals surface area contributed by atoms with E-state index in [1.54, 1.807) is 0 Å². The highest BCUT2D eigenvalue weighted by molar-refractivity contribution is 5.78. The maximum absolute atomic E-state index is 11.2. The molecular weight excluding hydrogens is 1120 g/mol. The van der Waals surface area contributed by atoms with Gasteiger partial charge in [-0.15, -0.1) is 0 Å². The molecule has 532 valence electrons. The Kier molecular flexibility index (Phi) is 58.7. The molecule has 3 fully saturated rings. The first-order valence-electron chi connectivity index (χ1n) is 35.7. The van der Waals surface area contributed by atoms with E-state index in [-0.39, 0.29) is 35.2 Å². The van der Waals surface area contributed by atoms with E-state index >= 15 is 0 Å². The van der Waals surface area contributed by atoms with Crippen LogP contribution < -0.4 is 42.5 Å². The third-order valence-electron chi connectivity index (χ3n) is 15.6. The van der Waals surface area contributed by atoms with E-state index in [1.165, 1.54) is 113 Å². The van der Waals surface area contributed by atoms with Crippen molar-refractivity contribution in [3.05, 3.63) is 122 Å². The van der Waals surface area contributed by atoms with Crippen molar-refractivity contribution in [3.63, 3.8) is 0 Å². The molecule has 3 aliphatic carbocycles. The molecule has 8 N–H and O–H groups in total. The lowest BCUT2D eigenvalue weighted by Crippen LogP contribution is -2.36.